The first kappa shape index (κ1) is 12.0. The van der Waals surface area contributed by atoms with Crippen LogP contribution < -0.4 is 0 Å². The van der Waals surface area contributed by atoms with Crippen molar-refractivity contribution in [2.75, 3.05) is 6.54 Å². The summed E-state index contributed by atoms with van der Waals surface area (Å²) in [6.07, 6.45) is 0.577. The molecule has 4 nitrogen and oxygen atoms in total. The predicted octanol–water partition coefficient (Wildman–Crippen LogP) is 1.55. The quantitative estimate of drug-likeness (QED) is 0.727. The molecule has 0 bridgehead atoms. The lowest BCUT2D eigenvalue weighted by atomic mass is 9.83. The van der Waals surface area contributed by atoms with Gasteiger partial charge in [0.2, 0.25) is 0 Å². The van der Waals surface area contributed by atoms with E-state index in [0.717, 1.165) is 18.7 Å². The van der Waals surface area contributed by atoms with Gasteiger partial charge in [-0.05, 0) is 24.5 Å². The van der Waals surface area contributed by atoms with Crippen molar-refractivity contribution in [3.8, 4) is 0 Å². The van der Waals surface area contributed by atoms with Crippen LogP contribution in [0.15, 0.2) is 35.5 Å². The molecule has 1 aromatic carbocycles. The SMILES string of the molecule is C[C@@H]1OC(=O)C2=C1N1CCc3ccccc3[C@@H]1C[C@H]2O. The van der Waals surface area contributed by atoms with Crippen LogP contribution >= 0.6 is 0 Å². The van der Waals surface area contributed by atoms with Crippen LogP contribution in [-0.4, -0.2) is 34.7 Å². The second-order valence-corrected chi connectivity index (χ2v) is 5.76. The molecule has 0 saturated carbocycles. The van der Waals surface area contributed by atoms with Crippen LogP contribution in [0.3, 0.4) is 0 Å². The molecule has 0 fully saturated rings. The average Bonchev–Trinajstić information content (AvgIpc) is 2.75. The fourth-order valence-corrected chi connectivity index (χ4v) is 3.82. The van der Waals surface area contributed by atoms with Crippen molar-refractivity contribution < 1.29 is 14.6 Å². The second kappa shape index (κ2) is 4.09. The Morgan fingerprint density at radius 3 is 3.00 bits per heavy atom. The molecule has 3 heterocycles. The lowest BCUT2D eigenvalue weighted by Crippen LogP contribution is -2.43. The number of nitrogens with zero attached hydrogens (tertiary/aromatic N) is 1. The Bertz CT molecular complexity index is 622. The average molecular weight is 271 g/mol. The number of carbonyl (C=O) groups is 1. The lowest BCUT2D eigenvalue weighted by Gasteiger charge is -2.44. The Labute approximate surface area is 117 Å². The highest BCUT2D eigenvalue weighted by Crippen LogP contribution is 2.44. The zero-order valence-corrected chi connectivity index (χ0v) is 11.4. The number of esters is 1. The summed E-state index contributed by atoms with van der Waals surface area (Å²) in [7, 11) is 0. The molecule has 0 unspecified atom stereocenters. The Hall–Kier alpha value is -1.81. The number of hydrogen-bond donors (Lipinski definition) is 1. The first-order chi connectivity index (χ1) is 9.66. The van der Waals surface area contributed by atoms with Crippen LogP contribution in [0.4, 0.5) is 0 Å². The Kier molecular flexibility index (Phi) is 2.45. The summed E-state index contributed by atoms with van der Waals surface area (Å²) in [4.78, 5) is 14.1. The van der Waals surface area contributed by atoms with Gasteiger partial charge in [0.25, 0.3) is 0 Å². The van der Waals surface area contributed by atoms with Crippen molar-refractivity contribution in [2.24, 2.45) is 0 Å². The summed E-state index contributed by atoms with van der Waals surface area (Å²) in [6, 6.07) is 8.54. The van der Waals surface area contributed by atoms with Crippen molar-refractivity contribution in [1.82, 2.24) is 4.90 Å². The van der Waals surface area contributed by atoms with Crippen molar-refractivity contribution in [3.05, 3.63) is 46.7 Å². The summed E-state index contributed by atoms with van der Waals surface area (Å²) in [5, 5.41) is 10.3. The summed E-state index contributed by atoms with van der Waals surface area (Å²) >= 11 is 0. The van der Waals surface area contributed by atoms with Crippen molar-refractivity contribution >= 4 is 5.97 Å². The van der Waals surface area contributed by atoms with Crippen molar-refractivity contribution in [3.63, 3.8) is 0 Å². The number of aliphatic hydroxyl groups excluding tert-OH is 1. The molecule has 104 valence electrons. The molecule has 4 rings (SSSR count). The number of rotatable bonds is 0. The van der Waals surface area contributed by atoms with Gasteiger partial charge in [0.05, 0.1) is 23.4 Å². The van der Waals surface area contributed by atoms with Gasteiger partial charge in [-0.3, -0.25) is 0 Å². The summed E-state index contributed by atoms with van der Waals surface area (Å²) in [6.45, 7) is 2.77. The summed E-state index contributed by atoms with van der Waals surface area (Å²) in [5.74, 6) is -0.350. The van der Waals surface area contributed by atoms with E-state index in [1.54, 1.807) is 0 Å². The third kappa shape index (κ3) is 1.48. The van der Waals surface area contributed by atoms with E-state index < -0.39 is 6.10 Å². The van der Waals surface area contributed by atoms with E-state index >= 15 is 0 Å². The van der Waals surface area contributed by atoms with E-state index in [0.29, 0.717) is 12.0 Å². The van der Waals surface area contributed by atoms with Crippen molar-refractivity contribution in [2.45, 2.75) is 38.0 Å². The molecule has 1 aromatic rings. The van der Waals surface area contributed by atoms with Gasteiger partial charge in [-0.25, -0.2) is 4.79 Å². The van der Waals surface area contributed by atoms with E-state index in [-0.39, 0.29) is 18.1 Å². The smallest absolute Gasteiger partial charge is 0.339 e. The second-order valence-electron chi connectivity index (χ2n) is 5.76. The van der Waals surface area contributed by atoms with Gasteiger partial charge < -0.3 is 14.7 Å². The van der Waals surface area contributed by atoms with Gasteiger partial charge in [-0.2, -0.15) is 0 Å². The van der Waals surface area contributed by atoms with Crippen LogP contribution in [0.25, 0.3) is 0 Å². The van der Waals surface area contributed by atoms with Crippen LogP contribution in [-0.2, 0) is 16.0 Å². The fraction of sp³-hybridized carbons (Fsp3) is 0.438. The van der Waals surface area contributed by atoms with Crippen molar-refractivity contribution in [1.29, 1.82) is 0 Å². The van der Waals surface area contributed by atoms with E-state index in [1.807, 2.05) is 13.0 Å². The number of hydrogen-bond acceptors (Lipinski definition) is 4. The van der Waals surface area contributed by atoms with E-state index in [2.05, 4.69) is 23.1 Å². The minimum atomic E-state index is -0.713. The van der Waals surface area contributed by atoms with Gasteiger partial charge in [-0.1, -0.05) is 24.3 Å². The molecule has 3 aliphatic heterocycles. The highest BCUT2D eigenvalue weighted by Gasteiger charge is 2.46. The molecule has 3 atom stereocenters. The lowest BCUT2D eigenvalue weighted by molar-refractivity contribution is -0.140. The molecular formula is C16H17NO3. The molecule has 0 amide bonds. The zero-order valence-electron chi connectivity index (χ0n) is 11.4. The van der Waals surface area contributed by atoms with E-state index in [9.17, 15) is 9.90 Å². The molecule has 4 heteroatoms. The Balaban J connectivity index is 1.84. The van der Waals surface area contributed by atoms with Gasteiger partial charge in [0.1, 0.15) is 6.10 Å². The minimum absolute atomic E-state index is 0.158. The molecule has 20 heavy (non-hydrogen) atoms. The summed E-state index contributed by atoms with van der Waals surface area (Å²) in [5.41, 5.74) is 4.00. The maximum atomic E-state index is 11.9. The molecule has 0 aromatic heterocycles. The molecular weight excluding hydrogens is 254 g/mol. The fourth-order valence-electron chi connectivity index (χ4n) is 3.82. The molecule has 0 saturated heterocycles. The molecule has 0 spiro atoms. The third-order valence-electron chi connectivity index (χ3n) is 4.67. The summed E-state index contributed by atoms with van der Waals surface area (Å²) < 4.78 is 5.30. The first-order valence-electron chi connectivity index (χ1n) is 7.14. The number of carbonyl (C=O) groups excluding carboxylic acids is 1. The maximum Gasteiger partial charge on any atom is 0.339 e. The first-order valence-corrected chi connectivity index (χ1v) is 7.14. The van der Waals surface area contributed by atoms with Crippen LogP contribution in [0.1, 0.15) is 30.5 Å². The number of fused-ring (bicyclic) bond motifs is 4. The zero-order chi connectivity index (χ0) is 13.9. The number of aliphatic hydroxyl groups is 1. The molecule has 1 N–H and O–H groups in total. The van der Waals surface area contributed by atoms with Gasteiger partial charge in [-0.15, -0.1) is 0 Å². The third-order valence-corrected chi connectivity index (χ3v) is 4.67. The van der Waals surface area contributed by atoms with E-state index in [4.69, 9.17) is 4.74 Å². The van der Waals surface area contributed by atoms with Crippen LogP contribution in [0.2, 0.25) is 0 Å². The maximum absolute atomic E-state index is 11.9. The van der Waals surface area contributed by atoms with E-state index in [1.165, 1.54) is 11.1 Å². The van der Waals surface area contributed by atoms with Gasteiger partial charge in [0.15, 0.2) is 0 Å². The highest BCUT2D eigenvalue weighted by molar-refractivity contribution is 5.93. The predicted molar refractivity (Wildman–Crippen MR) is 72.8 cm³/mol. The monoisotopic (exact) mass is 271 g/mol. The normalized spacial score (nSPS) is 31.6. The topological polar surface area (TPSA) is 49.8 Å². The molecule has 0 radical (unpaired) electrons. The Morgan fingerprint density at radius 2 is 2.15 bits per heavy atom. The van der Waals surface area contributed by atoms with Crippen LogP contribution in [0.5, 0.6) is 0 Å². The highest BCUT2D eigenvalue weighted by atomic mass is 16.5. The Morgan fingerprint density at radius 1 is 1.35 bits per heavy atom. The molecule has 3 aliphatic rings. The van der Waals surface area contributed by atoms with Crippen LogP contribution in [0, 0.1) is 0 Å². The number of ether oxygens (including phenoxy) is 1. The minimum Gasteiger partial charge on any atom is -0.453 e. The van der Waals surface area contributed by atoms with Gasteiger partial charge >= 0.3 is 5.97 Å². The largest absolute Gasteiger partial charge is 0.453 e. The number of benzene rings is 1. The van der Waals surface area contributed by atoms with Gasteiger partial charge in [0, 0.05) is 13.0 Å². The molecule has 0 aliphatic carbocycles. The standard InChI is InChI=1S/C16H17NO3/c1-9-15-14(16(19)20-9)13(18)8-12-11-5-3-2-4-10(11)6-7-17(12)15/h2-5,9,12-13,18H,6-8H2,1H3/t9-,12-,13+/m0/s1. The number of cyclic esters (lactones) is 1.